The van der Waals surface area contributed by atoms with Crippen molar-refractivity contribution in [2.24, 2.45) is 11.8 Å². The molecule has 8 nitrogen and oxygen atoms in total. The molecule has 0 spiro atoms. The van der Waals surface area contributed by atoms with Gasteiger partial charge in [0.2, 0.25) is 0 Å². The van der Waals surface area contributed by atoms with E-state index in [1.165, 1.54) is 0 Å². The number of piperazine rings is 2. The van der Waals surface area contributed by atoms with Crippen molar-refractivity contribution >= 4 is 34.8 Å². The molecule has 0 saturated carbocycles. The molecule has 2 unspecified atom stereocenters. The molecule has 2 N–H and O–H groups in total. The number of aromatic nitrogens is 4. The molecule has 4 rings (SSSR count). The summed E-state index contributed by atoms with van der Waals surface area (Å²) in [4.78, 5) is 4.51. The summed E-state index contributed by atoms with van der Waals surface area (Å²) in [6.45, 7) is 14.8. The lowest BCUT2D eigenvalue weighted by atomic mass is 10.0. The number of rotatable bonds is 4. The van der Waals surface area contributed by atoms with Crippen molar-refractivity contribution in [2.45, 2.75) is 39.8 Å². The highest BCUT2D eigenvalue weighted by molar-refractivity contribution is 6.29. The Morgan fingerprint density at radius 1 is 0.719 bits per heavy atom. The summed E-state index contributed by atoms with van der Waals surface area (Å²) in [5.74, 6) is 3.08. The van der Waals surface area contributed by atoms with E-state index in [1.807, 2.05) is 12.1 Å². The van der Waals surface area contributed by atoms with Gasteiger partial charge < -0.3 is 20.4 Å². The highest BCUT2D eigenvalue weighted by Gasteiger charge is 2.23. The highest BCUT2D eigenvalue weighted by Crippen LogP contribution is 2.17. The fourth-order valence-electron chi connectivity index (χ4n) is 3.82. The SMILES string of the molecule is CC(C)C1CN(c2ccc(Cl)nn2)CCN1.CC(C)C1CN(c2ccc(Cl)nn2)CCN1. The molecular formula is C22H34Cl2N8. The van der Waals surface area contributed by atoms with Gasteiger partial charge in [0.1, 0.15) is 0 Å². The molecule has 0 bridgehead atoms. The molecule has 2 aliphatic heterocycles. The summed E-state index contributed by atoms with van der Waals surface area (Å²) >= 11 is 11.5. The van der Waals surface area contributed by atoms with E-state index in [9.17, 15) is 0 Å². The number of hydrogen-bond donors (Lipinski definition) is 2. The number of nitrogens with one attached hydrogen (secondary N) is 2. The van der Waals surface area contributed by atoms with Gasteiger partial charge >= 0.3 is 0 Å². The summed E-state index contributed by atoms with van der Waals surface area (Å²) in [5, 5.41) is 23.9. The van der Waals surface area contributed by atoms with Crippen LogP contribution in [0.15, 0.2) is 24.3 Å². The zero-order valence-corrected chi connectivity index (χ0v) is 20.8. The van der Waals surface area contributed by atoms with Crippen molar-refractivity contribution in [1.29, 1.82) is 0 Å². The molecule has 10 heteroatoms. The van der Waals surface area contributed by atoms with Gasteiger partial charge in [0.15, 0.2) is 21.9 Å². The van der Waals surface area contributed by atoms with Crippen molar-refractivity contribution in [3.05, 3.63) is 34.6 Å². The van der Waals surface area contributed by atoms with Gasteiger partial charge in [-0.05, 0) is 36.1 Å². The molecule has 2 fully saturated rings. The highest BCUT2D eigenvalue weighted by atomic mass is 35.5. The van der Waals surface area contributed by atoms with Crippen LogP contribution in [0.3, 0.4) is 0 Å². The first kappa shape index (κ1) is 24.9. The van der Waals surface area contributed by atoms with Crippen LogP contribution in [0.25, 0.3) is 0 Å². The Kier molecular flexibility index (Phi) is 9.28. The normalized spacial score (nSPS) is 21.5. The minimum Gasteiger partial charge on any atom is -0.352 e. The first-order valence-electron chi connectivity index (χ1n) is 11.3. The molecule has 2 aliphatic rings. The van der Waals surface area contributed by atoms with Crippen LogP contribution in [0.4, 0.5) is 11.6 Å². The lowest BCUT2D eigenvalue weighted by molar-refractivity contribution is 0.367. The van der Waals surface area contributed by atoms with Gasteiger partial charge in [-0.1, -0.05) is 50.9 Å². The third-order valence-electron chi connectivity index (χ3n) is 5.90. The molecule has 0 aromatic carbocycles. The summed E-state index contributed by atoms with van der Waals surface area (Å²) in [5.41, 5.74) is 0. The molecule has 4 heterocycles. The quantitative estimate of drug-likeness (QED) is 0.690. The van der Waals surface area contributed by atoms with Crippen molar-refractivity contribution in [3.8, 4) is 0 Å². The minimum atomic E-state index is 0.444. The maximum Gasteiger partial charge on any atom is 0.151 e. The maximum absolute atomic E-state index is 5.73. The fourth-order valence-corrected chi connectivity index (χ4v) is 4.02. The van der Waals surface area contributed by atoms with E-state index in [-0.39, 0.29) is 0 Å². The average Bonchev–Trinajstić information content (AvgIpc) is 2.80. The number of halogens is 2. The lowest BCUT2D eigenvalue weighted by Crippen LogP contribution is -2.53. The van der Waals surface area contributed by atoms with Gasteiger partial charge in [0, 0.05) is 51.4 Å². The van der Waals surface area contributed by atoms with E-state index in [1.54, 1.807) is 12.1 Å². The third-order valence-corrected chi connectivity index (χ3v) is 6.31. The first-order chi connectivity index (χ1) is 15.3. The van der Waals surface area contributed by atoms with E-state index < -0.39 is 0 Å². The summed E-state index contributed by atoms with van der Waals surface area (Å²) in [6, 6.07) is 8.47. The van der Waals surface area contributed by atoms with Crippen LogP contribution < -0.4 is 20.4 Å². The molecule has 2 aromatic heterocycles. The van der Waals surface area contributed by atoms with Crippen LogP contribution in [0, 0.1) is 11.8 Å². The van der Waals surface area contributed by atoms with Crippen molar-refractivity contribution < 1.29 is 0 Å². The van der Waals surface area contributed by atoms with Crippen LogP contribution in [0.2, 0.25) is 10.3 Å². The predicted octanol–water partition coefficient (Wildman–Crippen LogP) is 3.13. The third kappa shape index (κ3) is 7.13. The van der Waals surface area contributed by atoms with Gasteiger partial charge in [0.25, 0.3) is 0 Å². The Morgan fingerprint density at radius 2 is 1.12 bits per heavy atom. The van der Waals surface area contributed by atoms with Crippen LogP contribution in [0.5, 0.6) is 0 Å². The number of nitrogens with zero attached hydrogens (tertiary/aromatic N) is 6. The second-order valence-electron chi connectivity index (χ2n) is 8.93. The topological polar surface area (TPSA) is 82.1 Å². The second-order valence-corrected chi connectivity index (χ2v) is 9.70. The van der Waals surface area contributed by atoms with E-state index in [0.29, 0.717) is 34.2 Å². The molecule has 2 saturated heterocycles. The van der Waals surface area contributed by atoms with Crippen molar-refractivity contribution in [2.75, 3.05) is 49.1 Å². The molecule has 0 amide bonds. The Morgan fingerprint density at radius 3 is 1.44 bits per heavy atom. The van der Waals surface area contributed by atoms with Gasteiger partial charge in [-0.25, -0.2) is 0 Å². The minimum absolute atomic E-state index is 0.444. The van der Waals surface area contributed by atoms with Crippen LogP contribution in [-0.2, 0) is 0 Å². The lowest BCUT2D eigenvalue weighted by Gasteiger charge is -2.36. The van der Waals surface area contributed by atoms with Crippen LogP contribution in [-0.4, -0.2) is 71.7 Å². The van der Waals surface area contributed by atoms with Crippen LogP contribution in [0.1, 0.15) is 27.7 Å². The Balaban J connectivity index is 0.000000181. The largest absolute Gasteiger partial charge is 0.352 e. The zero-order chi connectivity index (χ0) is 23.1. The van der Waals surface area contributed by atoms with Crippen LogP contribution >= 0.6 is 23.2 Å². The number of anilines is 2. The van der Waals surface area contributed by atoms with E-state index in [4.69, 9.17) is 23.2 Å². The van der Waals surface area contributed by atoms with Gasteiger partial charge in [-0.2, -0.15) is 0 Å². The molecule has 2 atom stereocenters. The Hall–Kier alpha value is -1.74. The fraction of sp³-hybridized carbons (Fsp3) is 0.636. The molecule has 32 heavy (non-hydrogen) atoms. The monoisotopic (exact) mass is 480 g/mol. The van der Waals surface area contributed by atoms with Crippen molar-refractivity contribution in [3.63, 3.8) is 0 Å². The van der Waals surface area contributed by atoms with Gasteiger partial charge in [-0.3, -0.25) is 0 Å². The molecule has 0 radical (unpaired) electrons. The molecular weight excluding hydrogens is 447 g/mol. The van der Waals surface area contributed by atoms with E-state index >= 15 is 0 Å². The van der Waals surface area contributed by atoms with E-state index in [2.05, 4.69) is 68.5 Å². The van der Waals surface area contributed by atoms with Gasteiger partial charge in [0.05, 0.1) is 0 Å². The van der Waals surface area contributed by atoms with Crippen molar-refractivity contribution in [1.82, 2.24) is 31.0 Å². The molecule has 176 valence electrons. The Bertz CT molecular complexity index is 746. The predicted molar refractivity (Wildman–Crippen MR) is 132 cm³/mol. The summed E-state index contributed by atoms with van der Waals surface area (Å²) in [7, 11) is 0. The molecule has 2 aromatic rings. The molecule has 0 aliphatic carbocycles. The first-order valence-corrected chi connectivity index (χ1v) is 12.0. The second kappa shape index (κ2) is 11.9. The summed E-state index contributed by atoms with van der Waals surface area (Å²) in [6.07, 6.45) is 0. The number of hydrogen-bond acceptors (Lipinski definition) is 8. The summed E-state index contributed by atoms with van der Waals surface area (Å²) < 4.78 is 0. The maximum atomic E-state index is 5.73. The standard InChI is InChI=1S/2C11H17ClN4/c2*1-8(2)9-7-16(6-5-13-9)11-4-3-10(12)14-15-11/h2*3-4,8-9,13H,5-7H2,1-2H3. The smallest absolute Gasteiger partial charge is 0.151 e. The zero-order valence-electron chi connectivity index (χ0n) is 19.3. The van der Waals surface area contributed by atoms with Gasteiger partial charge in [-0.15, -0.1) is 20.4 Å². The van der Waals surface area contributed by atoms with E-state index in [0.717, 1.165) is 50.9 Å². The average molecular weight is 481 g/mol. The Labute approximate surface area is 201 Å².